The Hall–Kier alpha value is -0.830. The Morgan fingerprint density at radius 3 is 2.56 bits per heavy atom. The summed E-state index contributed by atoms with van der Waals surface area (Å²) in [5.74, 6) is 0. The molecule has 0 bridgehead atoms. The van der Waals surface area contributed by atoms with Crippen molar-refractivity contribution in [2.75, 3.05) is 0 Å². The summed E-state index contributed by atoms with van der Waals surface area (Å²) in [6.07, 6.45) is 1.02. The fourth-order valence-electron chi connectivity index (χ4n) is 1.90. The lowest BCUT2D eigenvalue weighted by Crippen LogP contribution is -2.12. The molecule has 1 atom stereocenters. The molecule has 18 heavy (non-hydrogen) atoms. The minimum Gasteiger partial charge on any atom is -0.320 e. The Labute approximate surface area is 121 Å². The molecule has 0 aromatic heterocycles. The Kier molecular flexibility index (Phi) is 4.44. The molecule has 0 fully saturated rings. The second kappa shape index (κ2) is 5.87. The van der Waals surface area contributed by atoms with Gasteiger partial charge in [-0.25, -0.2) is 0 Å². The van der Waals surface area contributed by atoms with Crippen LogP contribution in [0.3, 0.4) is 0 Å². The van der Waals surface area contributed by atoms with Gasteiger partial charge in [-0.2, -0.15) is 0 Å². The van der Waals surface area contributed by atoms with Crippen LogP contribution in [0.25, 0.3) is 0 Å². The zero-order chi connectivity index (χ0) is 13.1. The number of nitrogens with two attached hydrogens (primary N) is 1. The van der Waals surface area contributed by atoms with Crippen molar-refractivity contribution in [1.82, 2.24) is 0 Å². The summed E-state index contributed by atoms with van der Waals surface area (Å²) in [6, 6.07) is 14.1. The van der Waals surface area contributed by atoms with Gasteiger partial charge in [0.2, 0.25) is 0 Å². The molecule has 3 heteroatoms. The Bertz CT molecular complexity index is 554. The van der Waals surface area contributed by atoms with Crippen molar-refractivity contribution in [3.8, 4) is 0 Å². The Morgan fingerprint density at radius 1 is 1.17 bits per heavy atom. The van der Waals surface area contributed by atoms with E-state index in [0.29, 0.717) is 5.02 Å². The fraction of sp³-hybridized carbons (Fsp3) is 0.200. The van der Waals surface area contributed by atoms with Gasteiger partial charge in [0.05, 0.1) is 11.1 Å². The number of halogens is 2. The molecular weight excluding hydrogens is 310 g/mol. The van der Waals surface area contributed by atoms with Gasteiger partial charge in [-0.1, -0.05) is 48.9 Å². The monoisotopic (exact) mass is 323 g/mol. The highest BCUT2D eigenvalue weighted by atomic mass is 79.9. The Balaban J connectivity index is 2.34. The second-order valence-electron chi connectivity index (χ2n) is 4.25. The maximum absolute atomic E-state index is 6.28. The second-order valence-corrected chi connectivity index (χ2v) is 5.51. The summed E-state index contributed by atoms with van der Waals surface area (Å²) in [6.45, 7) is 2.14. The molecule has 0 spiro atoms. The molecule has 0 saturated heterocycles. The average molecular weight is 325 g/mol. The SMILES string of the molecule is CCc1cccc(C(N)c2ccc(Br)c(Cl)c2)c1. The minimum absolute atomic E-state index is 0.137. The lowest BCUT2D eigenvalue weighted by molar-refractivity contribution is 0.867. The molecule has 0 aliphatic carbocycles. The van der Waals surface area contributed by atoms with E-state index in [0.717, 1.165) is 22.0 Å². The Morgan fingerprint density at radius 2 is 1.89 bits per heavy atom. The predicted molar refractivity (Wildman–Crippen MR) is 81.0 cm³/mol. The largest absolute Gasteiger partial charge is 0.320 e. The van der Waals surface area contributed by atoms with E-state index in [1.54, 1.807) is 0 Å². The van der Waals surface area contributed by atoms with E-state index < -0.39 is 0 Å². The first-order valence-electron chi connectivity index (χ1n) is 5.91. The van der Waals surface area contributed by atoms with Gasteiger partial charge in [0.15, 0.2) is 0 Å². The van der Waals surface area contributed by atoms with Crippen molar-refractivity contribution in [2.24, 2.45) is 5.73 Å². The maximum atomic E-state index is 6.28. The average Bonchev–Trinajstić information content (AvgIpc) is 2.41. The first-order chi connectivity index (χ1) is 8.61. The van der Waals surface area contributed by atoms with Gasteiger partial charge in [0.1, 0.15) is 0 Å². The van der Waals surface area contributed by atoms with E-state index in [2.05, 4.69) is 47.1 Å². The van der Waals surface area contributed by atoms with Gasteiger partial charge in [-0.3, -0.25) is 0 Å². The number of hydrogen-bond acceptors (Lipinski definition) is 1. The molecule has 0 aliphatic rings. The van der Waals surface area contributed by atoms with E-state index >= 15 is 0 Å². The van der Waals surface area contributed by atoms with Crippen molar-refractivity contribution in [3.05, 3.63) is 68.7 Å². The van der Waals surface area contributed by atoms with E-state index in [-0.39, 0.29) is 6.04 Å². The van der Waals surface area contributed by atoms with Crippen LogP contribution in [0, 0.1) is 0 Å². The molecular formula is C15H15BrClN. The highest BCUT2D eigenvalue weighted by molar-refractivity contribution is 9.10. The predicted octanol–water partition coefficient (Wildman–Crippen LogP) is 4.71. The normalized spacial score (nSPS) is 12.4. The highest BCUT2D eigenvalue weighted by Gasteiger charge is 2.10. The standard InChI is InChI=1S/C15H15BrClN/c1-2-10-4-3-5-11(8-10)15(18)12-6-7-13(16)14(17)9-12/h3-9,15H,2,18H2,1H3. The lowest BCUT2D eigenvalue weighted by atomic mass is 9.97. The molecule has 0 radical (unpaired) electrons. The quantitative estimate of drug-likeness (QED) is 0.869. The van der Waals surface area contributed by atoms with Gasteiger partial charge in [0, 0.05) is 4.47 Å². The van der Waals surface area contributed by atoms with Crippen molar-refractivity contribution in [2.45, 2.75) is 19.4 Å². The van der Waals surface area contributed by atoms with Crippen LogP contribution in [0.4, 0.5) is 0 Å². The molecule has 2 rings (SSSR count). The number of hydrogen-bond donors (Lipinski definition) is 1. The van der Waals surface area contributed by atoms with E-state index in [1.807, 2.05) is 18.2 Å². The summed E-state index contributed by atoms with van der Waals surface area (Å²) in [5, 5.41) is 0.689. The summed E-state index contributed by atoms with van der Waals surface area (Å²) in [4.78, 5) is 0. The lowest BCUT2D eigenvalue weighted by Gasteiger charge is -2.14. The van der Waals surface area contributed by atoms with Crippen molar-refractivity contribution in [1.29, 1.82) is 0 Å². The van der Waals surface area contributed by atoms with Crippen molar-refractivity contribution in [3.63, 3.8) is 0 Å². The van der Waals surface area contributed by atoms with Crippen LogP contribution in [0.5, 0.6) is 0 Å². The van der Waals surface area contributed by atoms with Crippen LogP contribution in [-0.4, -0.2) is 0 Å². The molecule has 2 aromatic rings. The van der Waals surface area contributed by atoms with Crippen LogP contribution >= 0.6 is 27.5 Å². The van der Waals surface area contributed by atoms with Gasteiger partial charge >= 0.3 is 0 Å². The van der Waals surface area contributed by atoms with Crippen LogP contribution in [0.1, 0.15) is 29.7 Å². The molecule has 0 aliphatic heterocycles. The summed E-state index contributed by atoms with van der Waals surface area (Å²) in [5.41, 5.74) is 9.73. The molecule has 1 unspecified atom stereocenters. The van der Waals surface area contributed by atoms with Crippen molar-refractivity contribution >= 4 is 27.5 Å². The first kappa shape index (κ1) is 13.6. The van der Waals surface area contributed by atoms with E-state index in [4.69, 9.17) is 17.3 Å². The third-order valence-electron chi connectivity index (χ3n) is 3.02. The van der Waals surface area contributed by atoms with Crippen LogP contribution in [0.2, 0.25) is 5.02 Å². The fourth-order valence-corrected chi connectivity index (χ4v) is 2.34. The van der Waals surface area contributed by atoms with Gasteiger partial charge in [-0.15, -0.1) is 0 Å². The van der Waals surface area contributed by atoms with Gasteiger partial charge in [-0.05, 0) is 51.2 Å². The smallest absolute Gasteiger partial charge is 0.0552 e. The number of benzene rings is 2. The maximum Gasteiger partial charge on any atom is 0.0552 e. The van der Waals surface area contributed by atoms with Crippen molar-refractivity contribution < 1.29 is 0 Å². The third-order valence-corrected chi connectivity index (χ3v) is 4.25. The topological polar surface area (TPSA) is 26.0 Å². The first-order valence-corrected chi connectivity index (χ1v) is 7.08. The summed E-state index contributed by atoms with van der Waals surface area (Å²) in [7, 11) is 0. The van der Waals surface area contributed by atoms with Crippen LogP contribution in [-0.2, 0) is 6.42 Å². The molecule has 2 N–H and O–H groups in total. The van der Waals surface area contributed by atoms with Gasteiger partial charge in [0.25, 0.3) is 0 Å². The summed E-state index contributed by atoms with van der Waals surface area (Å²) >= 11 is 9.49. The third kappa shape index (κ3) is 2.94. The number of rotatable bonds is 3. The molecule has 0 heterocycles. The zero-order valence-electron chi connectivity index (χ0n) is 10.2. The molecule has 0 saturated carbocycles. The molecule has 2 aromatic carbocycles. The summed E-state index contributed by atoms with van der Waals surface area (Å²) < 4.78 is 0.891. The molecule has 0 amide bonds. The molecule has 1 nitrogen and oxygen atoms in total. The zero-order valence-corrected chi connectivity index (χ0v) is 12.5. The van der Waals surface area contributed by atoms with Crippen LogP contribution < -0.4 is 5.73 Å². The molecule has 94 valence electrons. The van der Waals surface area contributed by atoms with E-state index in [1.165, 1.54) is 5.56 Å². The number of aryl methyl sites for hydroxylation is 1. The van der Waals surface area contributed by atoms with Gasteiger partial charge < -0.3 is 5.73 Å². The minimum atomic E-state index is -0.137. The van der Waals surface area contributed by atoms with E-state index in [9.17, 15) is 0 Å². The highest BCUT2D eigenvalue weighted by Crippen LogP contribution is 2.28. The van der Waals surface area contributed by atoms with Crippen LogP contribution in [0.15, 0.2) is 46.9 Å².